The Labute approximate surface area is 82.0 Å². The second kappa shape index (κ2) is 6.39. The SMILES string of the molecule is CCCC(CCOC)CNC1CC1. The van der Waals surface area contributed by atoms with Gasteiger partial charge in [-0.3, -0.25) is 0 Å². The Morgan fingerprint density at radius 3 is 2.69 bits per heavy atom. The van der Waals surface area contributed by atoms with Crippen molar-refractivity contribution in [3.63, 3.8) is 0 Å². The van der Waals surface area contributed by atoms with E-state index in [1.54, 1.807) is 7.11 Å². The van der Waals surface area contributed by atoms with Crippen LogP contribution in [0.3, 0.4) is 0 Å². The van der Waals surface area contributed by atoms with Gasteiger partial charge in [0.05, 0.1) is 0 Å². The van der Waals surface area contributed by atoms with Gasteiger partial charge in [0.15, 0.2) is 0 Å². The van der Waals surface area contributed by atoms with Gasteiger partial charge in [0, 0.05) is 19.8 Å². The maximum absolute atomic E-state index is 5.11. The lowest BCUT2D eigenvalue weighted by atomic mass is 10.0. The predicted octanol–water partition coefficient (Wildman–Crippen LogP) is 2.19. The molecular formula is C11H23NO. The number of hydrogen-bond acceptors (Lipinski definition) is 2. The molecule has 13 heavy (non-hydrogen) atoms. The Morgan fingerprint density at radius 2 is 2.15 bits per heavy atom. The predicted molar refractivity (Wildman–Crippen MR) is 55.9 cm³/mol. The molecule has 1 rings (SSSR count). The van der Waals surface area contributed by atoms with Crippen LogP contribution in [-0.4, -0.2) is 26.3 Å². The monoisotopic (exact) mass is 185 g/mol. The standard InChI is InChI=1S/C11H23NO/c1-3-4-10(7-8-13-2)9-12-11-5-6-11/h10-12H,3-9H2,1-2H3. The Kier molecular flexibility index (Phi) is 5.40. The second-order valence-electron chi connectivity index (χ2n) is 4.12. The lowest BCUT2D eigenvalue weighted by Crippen LogP contribution is -2.25. The minimum Gasteiger partial charge on any atom is -0.385 e. The van der Waals surface area contributed by atoms with Crippen LogP contribution in [0.2, 0.25) is 0 Å². The zero-order valence-corrected chi connectivity index (χ0v) is 9.01. The molecule has 1 fully saturated rings. The number of ether oxygens (including phenoxy) is 1. The summed E-state index contributed by atoms with van der Waals surface area (Å²) in [7, 11) is 1.79. The molecule has 0 radical (unpaired) electrons. The summed E-state index contributed by atoms with van der Waals surface area (Å²) in [6.07, 6.45) is 6.63. The number of methoxy groups -OCH3 is 1. The smallest absolute Gasteiger partial charge is 0.0465 e. The first-order valence-electron chi connectivity index (χ1n) is 5.59. The van der Waals surface area contributed by atoms with Gasteiger partial charge in [-0.05, 0) is 38.1 Å². The van der Waals surface area contributed by atoms with E-state index in [4.69, 9.17) is 4.74 Å². The fourth-order valence-corrected chi connectivity index (χ4v) is 1.66. The van der Waals surface area contributed by atoms with Crippen LogP contribution in [0.15, 0.2) is 0 Å². The average Bonchev–Trinajstić information content (AvgIpc) is 2.93. The van der Waals surface area contributed by atoms with Crippen molar-refractivity contribution < 1.29 is 4.74 Å². The van der Waals surface area contributed by atoms with E-state index in [0.717, 1.165) is 18.6 Å². The minimum absolute atomic E-state index is 0.825. The fourth-order valence-electron chi connectivity index (χ4n) is 1.66. The van der Waals surface area contributed by atoms with E-state index in [1.165, 1.54) is 38.6 Å². The molecule has 1 aliphatic rings. The summed E-state index contributed by atoms with van der Waals surface area (Å²) >= 11 is 0. The normalized spacial score (nSPS) is 18.9. The van der Waals surface area contributed by atoms with Crippen molar-refractivity contribution in [3.8, 4) is 0 Å². The van der Waals surface area contributed by atoms with E-state index in [2.05, 4.69) is 12.2 Å². The molecule has 0 heterocycles. The first kappa shape index (κ1) is 11.0. The molecule has 0 spiro atoms. The quantitative estimate of drug-likeness (QED) is 0.626. The lowest BCUT2D eigenvalue weighted by molar-refractivity contribution is 0.173. The second-order valence-corrected chi connectivity index (χ2v) is 4.12. The molecule has 0 bridgehead atoms. The summed E-state index contributed by atoms with van der Waals surface area (Å²) < 4.78 is 5.11. The average molecular weight is 185 g/mol. The van der Waals surface area contributed by atoms with Gasteiger partial charge < -0.3 is 10.1 Å². The molecule has 1 atom stereocenters. The van der Waals surface area contributed by atoms with Gasteiger partial charge in [0.25, 0.3) is 0 Å². The minimum atomic E-state index is 0.825. The van der Waals surface area contributed by atoms with Gasteiger partial charge in [-0.25, -0.2) is 0 Å². The van der Waals surface area contributed by atoms with Gasteiger partial charge in [-0.2, -0.15) is 0 Å². The zero-order chi connectivity index (χ0) is 9.52. The molecule has 1 saturated carbocycles. The van der Waals surface area contributed by atoms with Crippen LogP contribution in [-0.2, 0) is 4.74 Å². The zero-order valence-electron chi connectivity index (χ0n) is 9.01. The van der Waals surface area contributed by atoms with Crippen LogP contribution in [0, 0.1) is 5.92 Å². The number of rotatable bonds is 8. The van der Waals surface area contributed by atoms with Gasteiger partial charge in [0.1, 0.15) is 0 Å². The molecule has 0 aliphatic heterocycles. The highest BCUT2D eigenvalue weighted by Crippen LogP contribution is 2.20. The summed E-state index contributed by atoms with van der Waals surface area (Å²) in [5.41, 5.74) is 0. The Balaban J connectivity index is 2.03. The van der Waals surface area contributed by atoms with E-state index >= 15 is 0 Å². The van der Waals surface area contributed by atoms with Gasteiger partial charge in [-0.15, -0.1) is 0 Å². The van der Waals surface area contributed by atoms with Gasteiger partial charge in [0.2, 0.25) is 0 Å². The summed E-state index contributed by atoms with van der Waals surface area (Å²) in [5, 5.41) is 3.59. The van der Waals surface area contributed by atoms with Crippen molar-refractivity contribution >= 4 is 0 Å². The molecule has 1 aliphatic carbocycles. The third kappa shape index (κ3) is 5.27. The highest BCUT2D eigenvalue weighted by Gasteiger charge is 2.21. The van der Waals surface area contributed by atoms with E-state index in [0.29, 0.717) is 0 Å². The summed E-state index contributed by atoms with van der Waals surface area (Å²) in [6.45, 7) is 4.37. The highest BCUT2D eigenvalue weighted by atomic mass is 16.5. The van der Waals surface area contributed by atoms with Crippen molar-refractivity contribution in [2.45, 2.75) is 45.1 Å². The number of nitrogens with one attached hydrogen (secondary N) is 1. The van der Waals surface area contributed by atoms with Crippen LogP contribution in [0.1, 0.15) is 39.0 Å². The molecule has 0 aromatic carbocycles. The van der Waals surface area contributed by atoms with Crippen LogP contribution < -0.4 is 5.32 Å². The first-order valence-corrected chi connectivity index (χ1v) is 5.59. The van der Waals surface area contributed by atoms with E-state index in [-0.39, 0.29) is 0 Å². The van der Waals surface area contributed by atoms with Crippen molar-refractivity contribution in [3.05, 3.63) is 0 Å². The van der Waals surface area contributed by atoms with Crippen molar-refractivity contribution in [1.29, 1.82) is 0 Å². The third-order valence-corrected chi connectivity index (χ3v) is 2.70. The Hall–Kier alpha value is -0.0800. The van der Waals surface area contributed by atoms with Crippen LogP contribution in [0.25, 0.3) is 0 Å². The molecule has 2 heteroatoms. The van der Waals surface area contributed by atoms with E-state index in [9.17, 15) is 0 Å². The lowest BCUT2D eigenvalue weighted by Gasteiger charge is -2.16. The largest absolute Gasteiger partial charge is 0.385 e. The third-order valence-electron chi connectivity index (χ3n) is 2.70. The molecule has 0 saturated heterocycles. The van der Waals surface area contributed by atoms with E-state index in [1.807, 2.05) is 0 Å². The van der Waals surface area contributed by atoms with Crippen molar-refractivity contribution in [1.82, 2.24) is 5.32 Å². The van der Waals surface area contributed by atoms with E-state index < -0.39 is 0 Å². The topological polar surface area (TPSA) is 21.3 Å². The first-order chi connectivity index (χ1) is 6.36. The van der Waals surface area contributed by atoms with Gasteiger partial charge >= 0.3 is 0 Å². The Bertz CT molecular complexity index is 123. The molecule has 78 valence electrons. The van der Waals surface area contributed by atoms with Crippen LogP contribution in [0.4, 0.5) is 0 Å². The molecule has 1 N–H and O–H groups in total. The molecule has 0 amide bonds. The molecule has 2 nitrogen and oxygen atoms in total. The fraction of sp³-hybridized carbons (Fsp3) is 1.00. The van der Waals surface area contributed by atoms with Gasteiger partial charge in [-0.1, -0.05) is 13.3 Å². The maximum atomic E-state index is 5.11. The van der Waals surface area contributed by atoms with Crippen LogP contribution >= 0.6 is 0 Å². The molecular weight excluding hydrogens is 162 g/mol. The summed E-state index contributed by atoms with van der Waals surface area (Å²) in [5.74, 6) is 0.825. The highest BCUT2D eigenvalue weighted by molar-refractivity contribution is 4.81. The summed E-state index contributed by atoms with van der Waals surface area (Å²) in [6, 6.07) is 0.849. The van der Waals surface area contributed by atoms with Crippen molar-refractivity contribution in [2.24, 2.45) is 5.92 Å². The molecule has 1 unspecified atom stereocenters. The number of hydrogen-bond donors (Lipinski definition) is 1. The van der Waals surface area contributed by atoms with Crippen molar-refractivity contribution in [2.75, 3.05) is 20.3 Å². The molecule has 0 aromatic rings. The van der Waals surface area contributed by atoms with Crippen LogP contribution in [0.5, 0.6) is 0 Å². The maximum Gasteiger partial charge on any atom is 0.0465 e. The Morgan fingerprint density at radius 1 is 1.38 bits per heavy atom. The summed E-state index contributed by atoms with van der Waals surface area (Å²) in [4.78, 5) is 0. The molecule has 0 aromatic heterocycles.